The summed E-state index contributed by atoms with van der Waals surface area (Å²) in [5, 5.41) is 0. The van der Waals surface area contributed by atoms with Crippen molar-refractivity contribution in [3.05, 3.63) is 0 Å². The van der Waals surface area contributed by atoms with Gasteiger partial charge in [0.2, 0.25) is 0 Å². The SMILES string of the molecule is CC(C)(C)OC(=O)N1CCC(CCOS(C)(=O)=O)C1(C)C. The second-order valence-electron chi connectivity index (χ2n) is 7.09. The fourth-order valence-corrected chi connectivity index (χ4v) is 3.03. The topological polar surface area (TPSA) is 72.9 Å². The number of rotatable bonds is 4. The highest BCUT2D eigenvalue weighted by Gasteiger charge is 2.44. The van der Waals surface area contributed by atoms with Crippen molar-refractivity contribution in [2.75, 3.05) is 19.4 Å². The second-order valence-corrected chi connectivity index (χ2v) is 8.73. The Labute approximate surface area is 127 Å². The van der Waals surface area contributed by atoms with Crippen molar-refractivity contribution in [2.24, 2.45) is 5.92 Å². The molecule has 0 saturated carbocycles. The highest BCUT2D eigenvalue weighted by atomic mass is 32.2. The summed E-state index contributed by atoms with van der Waals surface area (Å²) in [4.78, 5) is 14.0. The van der Waals surface area contributed by atoms with Crippen LogP contribution >= 0.6 is 0 Å². The molecular formula is C14H27NO5S. The fourth-order valence-electron chi connectivity index (χ4n) is 2.63. The minimum atomic E-state index is -3.41. The second kappa shape index (κ2) is 6.12. The Morgan fingerprint density at radius 2 is 1.90 bits per heavy atom. The van der Waals surface area contributed by atoms with Gasteiger partial charge in [-0.2, -0.15) is 8.42 Å². The first kappa shape index (κ1) is 18.2. The zero-order chi connectivity index (χ0) is 16.5. The molecule has 0 radical (unpaired) electrons. The van der Waals surface area contributed by atoms with Crippen LogP contribution in [0, 0.1) is 5.92 Å². The molecule has 7 heteroatoms. The predicted octanol–water partition coefficient (Wildman–Crippen LogP) is 2.39. The molecule has 1 amide bonds. The largest absolute Gasteiger partial charge is 0.444 e. The molecule has 0 bridgehead atoms. The monoisotopic (exact) mass is 321 g/mol. The van der Waals surface area contributed by atoms with Gasteiger partial charge in [0.25, 0.3) is 10.1 Å². The summed E-state index contributed by atoms with van der Waals surface area (Å²) in [6, 6.07) is 0. The van der Waals surface area contributed by atoms with Gasteiger partial charge in [0.15, 0.2) is 0 Å². The van der Waals surface area contributed by atoms with Crippen molar-refractivity contribution in [1.82, 2.24) is 4.90 Å². The standard InChI is InChI=1S/C14H27NO5S/c1-13(2,3)20-12(16)15-9-7-11(14(15,4)5)8-10-19-21(6,17)18/h11H,7-10H2,1-6H3. The third-order valence-corrected chi connectivity index (χ3v) is 4.37. The number of nitrogens with zero attached hydrogens (tertiary/aromatic N) is 1. The van der Waals surface area contributed by atoms with E-state index in [-0.39, 0.29) is 24.2 Å². The maximum absolute atomic E-state index is 12.2. The summed E-state index contributed by atoms with van der Waals surface area (Å²) in [5.74, 6) is 0.187. The van der Waals surface area contributed by atoms with E-state index in [4.69, 9.17) is 8.92 Å². The molecule has 21 heavy (non-hydrogen) atoms. The van der Waals surface area contributed by atoms with Crippen molar-refractivity contribution in [1.29, 1.82) is 0 Å². The number of amides is 1. The average molecular weight is 321 g/mol. The van der Waals surface area contributed by atoms with Crippen LogP contribution < -0.4 is 0 Å². The molecule has 0 aromatic heterocycles. The van der Waals surface area contributed by atoms with Crippen LogP contribution in [0.2, 0.25) is 0 Å². The highest BCUT2D eigenvalue weighted by molar-refractivity contribution is 7.85. The molecule has 1 heterocycles. The smallest absolute Gasteiger partial charge is 0.410 e. The molecule has 6 nitrogen and oxygen atoms in total. The van der Waals surface area contributed by atoms with Gasteiger partial charge in [-0.25, -0.2) is 4.79 Å². The van der Waals surface area contributed by atoms with Gasteiger partial charge in [-0.1, -0.05) is 0 Å². The van der Waals surface area contributed by atoms with E-state index in [1.54, 1.807) is 4.90 Å². The molecule has 1 fully saturated rings. The van der Waals surface area contributed by atoms with Gasteiger partial charge in [-0.3, -0.25) is 4.18 Å². The first-order valence-electron chi connectivity index (χ1n) is 7.18. The normalized spacial score (nSPS) is 22.4. The van der Waals surface area contributed by atoms with Crippen molar-refractivity contribution in [2.45, 2.75) is 58.6 Å². The first-order chi connectivity index (χ1) is 9.33. The van der Waals surface area contributed by atoms with Gasteiger partial charge in [0.05, 0.1) is 12.9 Å². The number of ether oxygens (including phenoxy) is 1. The molecule has 1 rings (SSSR count). The Hall–Kier alpha value is -0.820. The Bertz CT molecular complexity index is 478. The van der Waals surface area contributed by atoms with Gasteiger partial charge in [0.1, 0.15) is 5.60 Å². The summed E-state index contributed by atoms with van der Waals surface area (Å²) in [7, 11) is -3.41. The van der Waals surface area contributed by atoms with E-state index < -0.39 is 15.7 Å². The van der Waals surface area contributed by atoms with Crippen LogP contribution in [0.3, 0.4) is 0 Å². The molecule has 1 aliphatic rings. The van der Waals surface area contributed by atoms with E-state index in [0.717, 1.165) is 12.7 Å². The Balaban J connectivity index is 2.63. The summed E-state index contributed by atoms with van der Waals surface area (Å²) >= 11 is 0. The fraction of sp³-hybridized carbons (Fsp3) is 0.929. The van der Waals surface area contributed by atoms with Gasteiger partial charge >= 0.3 is 6.09 Å². The lowest BCUT2D eigenvalue weighted by atomic mass is 9.86. The lowest BCUT2D eigenvalue weighted by Crippen LogP contribution is -2.48. The Morgan fingerprint density at radius 1 is 1.33 bits per heavy atom. The molecule has 1 unspecified atom stereocenters. The number of carbonyl (C=O) groups excluding carboxylic acids is 1. The van der Waals surface area contributed by atoms with Gasteiger partial charge < -0.3 is 9.64 Å². The number of hydrogen-bond donors (Lipinski definition) is 0. The van der Waals surface area contributed by atoms with Crippen LogP contribution in [-0.2, 0) is 19.0 Å². The molecule has 0 aromatic carbocycles. The van der Waals surface area contributed by atoms with Crippen molar-refractivity contribution >= 4 is 16.2 Å². The molecule has 0 aliphatic carbocycles. The van der Waals surface area contributed by atoms with Crippen LogP contribution in [0.5, 0.6) is 0 Å². The molecule has 124 valence electrons. The minimum Gasteiger partial charge on any atom is -0.444 e. The summed E-state index contributed by atoms with van der Waals surface area (Å²) in [6.45, 7) is 10.2. The molecule has 0 spiro atoms. The van der Waals surface area contributed by atoms with Crippen LogP contribution in [0.4, 0.5) is 4.79 Å². The lowest BCUT2D eigenvalue weighted by Gasteiger charge is -2.37. The summed E-state index contributed by atoms with van der Waals surface area (Å²) < 4.78 is 32.2. The van der Waals surface area contributed by atoms with Crippen LogP contribution in [0.1, 0.15) is 47.5 Å². The quantitative estimate of drug-likeness (QED) is 0.743. The zero-order valence-electron chi connectivity index (χ0n) is 13.8. The third kappa shape index (κ3) is 5.47. The van der Waals surface area contributed by atoms with E-state index in [9.17, 15) is 13.2 Å². The van der Waals surface area contributed by atoms with E-state index in [1.807, 2.05) is 34.6 Å². The van der Waals surface area contributed by atoms with Crippen LogP contribution in [-0.4, -0.2) is 50.0 Å². The third-order valence-electron chi connectivity index (χ3n) is 3.77. The zero-order valence-corrected chi connectivity index (χ0v) is 14.6. The van der Waals surface area contributed by atoms with Gasteiger partial charge in [-0.15, -0.1) is 0 Å². The maximum Gasteiger partial charge on any atom is 0.410 e. The molecular weight excluding hydrogens is 294 g/mol. The predicted molar refractivity (Wildman–Crippen MR) is 80.5 cm³/mol. The van der Waals surface area contributed by atoms with E-state index in [0.29, 0.717) is 13.0 Å². The summed E-state index contributed by atoms with van der Waals surface area (Å²) in [5.41, 5.74) is -0.895. The van der Waals surface area contributed by atoms with Crippen LogP contribution in [0.25, 0.3) is 0 Å². The number of likely N-dealkylation sites (tertiary alicyclic amines) is 1. The first-order valence-corrected chi connectivity index (χ1v) is 8.99. The van der Waals surface area contributed by atoms with Crippen LogP contribution in [0.15, 0.2) is 0 Å². The van der Waals surface area contributed by atoms with Gasteiger partial charge in [0, 0.05) is 12.1 Å². The van der Waals surface area contributed by atoms with E-state index in [1.165, 1.54) is 0 Å². The van der Waals surface area contributed by atoms with Crippen molar-refractivity contribution < 1.29 is 22.1 Å². The Kier molecular flexibility index (Phi) is 5.31. The maximum atomic E-state index is 12.2. The number of carbonyl (C=O) groups is 1. The molecule has 1 atom stereocenters. The van der Waals surface area contributed by atoms with E-state index in [2.05, 4.69) is 0 Å². The highest BCUT2D eigenvalue weighted by Crippen LogP contribution is 2.37. The van der Waals surface area contributed by atoms with Gasteiger partial charge in [-0.05, 0) is 53.4 Å². The van der Waals surface area contributed by atoms with Crippen molar-refractivity contribution in [3.8, 4) is 0 Å². The lowest BCUT2D eigenvalue weighted by molar-refractivity contribution is 0.00798. The molecule has 1 aliphatic heterocycles. The summed E-state index contributed by atoms with van der Waals surface area (Å²) in [6.07, 6.45) is 2.14. The number of hydrogen-bond acceptors (Lipinski definition) is 5. The average Bonchev–Trinajstić information content (AvgIpc) is 2.50. The minimum absolute atomic E-state index is 0.148. The van der Waals surface area contributed by atoms with E-state index >= 15 is 0 Å². The van der Waals surface area contributed by atoms with Crippen molar-refractivity contribution in [3.63, 3.8) is 0 Å². The molecule has 1 saturated heterocycles. The molecule has 0 N–H and O–H groups in total. The Morgan fingerprint density at radius 3 is 2.38 bits per heavy atom. The molecule has 0 aromatic rings.